The zero-order chi connectivity index (χ0) is 17.8. The quantitative estimate of drug-likeness (QED) is 0.715. The summed E-state index contributed by atoms with van der Waals surface area (Å²) in [6, 6.07) is 12.9. The van der Waals surface area contributed by atoms with E-state index in [1.54, 1.807) is 42.5 Å². The lowest BCUT2D eigenvalue weighted by Crippen LogP contribution is -2.01. The van der Waals surface area contributed by atoms with Gasteiger partial charge in [-0.3, -0.25) is 4.79 Å². The van der Waals surface area contributed by atoms with E-state index >= 15 is 0 Å². The van der Waals surface area contributed by atoms with Crippen molar-refractivity contribution in [1.29, 1.82) is 0 Å². The van der Waals surface area contributed by atoms with Crippen molar-refractivity contribution < 1.29 is 27.8 Å². The number of nitrogens with zero attached hydrogens (tertiary/aromatic N) is 1. The van der Waals surface area contributed by atoms with Gasteiger partial charge in [0.2, 0.25) is 5.89 Å². The monoisotopic (exact) mass is 345 g/mol. The molecule has 0 atom stereocenters. The fourth-order valence-electron chi connectivity index (χ4n) is 2.31. The fraction of sp³-hybridized carbons (Fsp3) is 0.111. The molecule has 0 saturated carbocycles. The van der Waals surface area contributed by atoms with Crippen LogP contribution in [-0.2, 0) is 4.79 Å². The molecule has 1 N–H and O–H groups in total. The number of benzene rings is 2. The van der Waals surface area contributed by atoms with Crippen molar-refractivity contribution in [2.75, 3.05) is 0 Å². The first-order chi connectivity index (χ1) is 12.0. The van der Waals surface area contributed by atoms with Crippen molar-refractivity contribution in [3.05, 3.63) is 60.0 Å². The van der Waals surface area contributed by atoms with E-state index in [2.05, 4.69) is 9.72 Å². The summed E-state index contributed by atoms with van der Waals surface area (Å²) in [5, 5.41) is 9.13. The van der Waals surface area contributed by atoms with E-state index in [9.17, 15) is 13.6 Å². The number of carboxylic acids is 1. The van der Waals surface area contributed by atoms with Crippen LogP contribution in [0.15, 0.2) is 52.9 Å². The van der Waals surface area contributed by atoms with Gasteiger partial charge in [0.25, 0.3) is 0 Å². The molecule has 0 aliphatic rings. The largest absolute Gasteiger partial charge is 0.481 e. The number of para-hydroxylation sites is 2. The van der Waals surface area contributed by atoms with Crippen molar-refractivity contribution >= 4 is 28.7 Å². The maximum atomic E-state index is 12.2. The second-order valence-electron chi connectivity index (χ2n) is 5.17. The van der Waals surface area contributed by atoms with Crippen LogP contribution >= 0.6 is 0 Å². The van der Waals surface area contributed by atoms with Gasteiger partial charge in [0.05, 0.1) is 6.42 Å². The van der Waals surface area contributed by atoms with Crippen LogP contribution in [0.3, 0.4) is 0 Å². The predicted molar refractivity (Wildman–Crippen MR) is 87.2 cm³/mol. The van der Waals surface area contributed by atoms with Crippen molar-refractivity contribution in [3.8, 4) is 5.75 Å². The molecule has 1 heterocycles. The third-order valence-corrected chi connectivity index (χ3v) is 3.36. The predicted octanol–water partition coefficient (Wildman–Crippen LogP) is 4.44. The van der Waals surface area contributed by atoms with E-state index in [1.807, 2.05) is 0 Å². The molecule has 1 aromatic heterocycles. The molecule has 3 aromatic rings. The number of ether oxygens (including phenoxy) is 1. The Morgan fingerprint density at radius 3 is 2.56 bits per heavy atom. The summed E-state index contributed by atoms with van der Waals surface area (Å²) in [7, 11) is 0. The molecule has 25 heavy (non-hydrogen) atoms. The molecule has 7 heteroatoms. The second kappa shape index (κ2) is 7.12. The summed E-state index contributed by atoms with van der Waals surface area (Å²) >= 11 is 0. The molecule has 0 spiro atoms. The Labute approximate surface area is 141 Å². The lowest BCUT2D eigenvalue weighted by Gasteiger charge is -2.05. The highest BCUT2D eigenvalue weighted by Gasteiger charge is 2.14. The van der Waals surface area contributed by atoms with Gasteiger partial charge in [-0.1, -0.05) is 24.3 Å². The second-order valence-corrected chi connectivity index (χ2v) is 5.17. The van der Waals surface area contributed by atoms with Crippen molar-refractivity contribution in [3.63, 3.8) is 0 Å². The van der Waals surface area contributed by atoms with Gasteiger partial charge in [0.1, 0.15) is 11.3 Å². The number of carbonyl (C=O) groups is 1. The molecule has 0 aliphatic heterocycles. The number of aliphatic carboxylic acids is 1. The van der Waals surface area contributed by atoms with Gasteiger partial charge in [-0.15, -0.1) is 0 Å². The van der Waals surface area contributed by atoms with E-state index in [0.717, 1.165) is 0 Å². The van der Waals surface area contributed by atoms with Crippen LogP contribution in [0.5, 0.6) is 5.75 Å². The van der Waals surface area contributed by atoms with E-state index in [0.29, 0.717) is 22.2 Å². The third-order valence-electron chi connectivity index (χ3n) is 3.36. The molecule has 128 valence electrons. The van der Waals surface area contributed by atoms with Gasteiger partial charge in [0.15, 0.2) is 5.58 Å². The number of rotatable bonds is 6. The Balaban J connectivity index is 1.94. The van der Waals surface area contributed by atoms with E-state index < -0.39 is 12.6 Å². The first-order valence-electron chi connectivity index (χ1n) is 7.34. The Bertz CT molecular complexity index is 883. The number of hydrogen-bond acceptors (Lipinski definition) is 4. The van der Waals surface area contributed by atoms with Gasteiger partial charge in [0, 0.05) is 5.57 Å². The lowest BCUT2D eigenvalue weighted by atomic mass is 10.1. The summed E-state index contributed by atoms with van der Waals surface area (Å²) in [6.45, 7) is -2.90. The number of alkyl halides is 2. The van der Waals surface area contributed by atoms with Crippen LogP contribution in [0.4, 0.5) is 8.78 Å². The number of aromatic nitrogens is 1. The van der Waals surface area contributed by atoms with Crippen molar-refractivity contribution in [2.24, 2.45) is 0 Å². The molecular formula is C18H13F2NO4. The molecule has 3 rings (SSSR count). The number of halogens is 2. The Kier molecular flexibility index (Phi) is 4.74. The van der Waals surface area contributed by atoms with E-state index in [-0.39, 0.29) is 18.1 Å². The molecule has 0 unspecified atom stereocenters. The molecule has 2 aromatic carbocycles. The van der Waals surface area contributed by atoms with Gasteiger partial charge in [-0.25, -0.2) is 4.98 Å². The third kappa shape index (κ3) is 4.20. The van der Waals surface area contributed by atoms with Gasteiger partial charge in [-0.05, 0) is 35.9 Å². The molecule has 0 fully saturated rings. The van der Waals surface area contributed by atoms with Crippen LogP contribution in [0.25, 0.3) is 22.7 Å². The Hall–Kier alpha value is -3.22. The van der Waals surface area contributed by atoms with Crippen LogP contribution in [0, 0.1) is 0 Å². The first-order valence-corrected chi connectivity index (χ1v) is 7.34. The minimum atomic E-state index is -2.90. The van der Waals surface area contributed by atoms with Crippen molar-refractivity contribution in [2.45, 2.75) is 13.0 Å². The molecule has 5 nitrogen and oxygen atoms in total. The van der Waals surface area contributed by atoms with Crippen LogP contribution in [-0.4, -0.2) is 22.7 Å². The maximum absolute atomic E-state index is 12.2. The zero-order valence-electron chi connectivity index (χ0n) is 12.9. The minimum Gasteiger partial charge on any atom is -0.481 e. The molecule has 0 aliphatic carbocycles. The Morgan fingerprint density at radius 1 is 1.20 bits per heavy atom. The highest BCUT2D eigenvalue weighted by molar-refractivity contribution is 5.90. The summed E-state index contributed by atoms with van der Waals surface area (Å²) in [5.74, 6) is -0.809. The number of oxazole rings is 1. The Morgan fingerprint density at radius 2 is 1.92 bits per heavy atom. The highest BCUT2D eigenvalue weighted by Crippen LogP contribution is 2.26. The molecule has 0 bridgehead atoms. The standard InChI is InChI=1S/C18H13F2NO4/c19-18(20)24-13-7-5-11(6-8-13)9-12(10-16(22)23)17-21-14-3-1-2-4-15(14)25-17/h1-9,18H,10H2,(H,22,23)/b12-9+. The molecule has 0 amide bonds. The van der Waals surface area contributed by atoms with Gasteiger partial charge >= 0.3 is 12.6 Å². The summed E-state index contributed by atoms with van der Waals surface area (Å²) < 4.78 is 34.3. The van der Waals surface area contributed by atoms with Crippen molar-refractivity contribution in [1.82, 2.24) is 4.98 Å². The minimum absolute atomic E-state index is 0.0220. The number of hydrogen-bond donors (Lipinski definition) is 1. The normalized spacial score (nSPS) is 11.9. The topological polar surface area (TPSA) is 72.6 Å². The maximum Gasteiger partial charge on any atom is 0.387 e. The van der Waals surface area contributed by atoms with Gasteiger partial charge < -0.3 is 14.3 Å². The number of fused-ring (bicyclic) bond motifs is 1. The molecule has 0 saturated heterocycles. The lowest BCUT2D eigenvalue weighted by molar-refractivity contribution is -0.135. The summed E-state index contributed by atoms with van der Waals surface area (Å²) in [4.78, 5) is 15.4. The average molecular weight is 345 g/mol. The zero-order valence-corrected chi connectivity index (χ0v) is 12.9. The van der Waals surface area contributed by atoms with E-state index in [4.69, 9.17) is 9.52 Å². The fourth-order valence-corrected chi connectivity index (χ4v) is 2.31. The van der Waals surface area contributed by atoms with Crippen LogP contribution in [0.1, 0.15) is 17.9 Å². The molecule has 0 radical (unpaired) electrons. The summed E-state index contributed by atoms with van der Waals surface area (Å²) in [5.41, 5.74) is 2.15. The smallest absolute Gasteiger partial charge is 0.387 e. The molecular weight excluding hydrogens is 332 g/mol. The average Bonchev–Trinajstić information content (AvgIpc) is 2.99. The van der Waals surface area contributed by atoms with Gasteiger partial charge in [-0.2, -0.15) is 8.78 Å². The highest BCUT2D eigenvalue weighted by atomic mass is 19.3. The number of carboxylic acid groups (broad SMARTS) is 1. The summed E-state index contributed by atoms with van der Waals surface area (Å²) in [6.07, 6.45) is 1.30. The first kappa shape index (κ1) is 16.6. The van der Waals surface area contributed by atoms with Crippen LogP contribution < -0.4 is 4.74 Å². The van der Waals surface area contributed by atoms with Crippen LogP contribution in [0.2, 0.25) is 0 Å². The SMILES string of the molecule is O=C(O)C/C(=C\c1ccc(OC(F)F)cc1)c1nc2ccccc2o1. The van der Waals surface area contributed by atoms with E-state index in [1.165, 1.54) is 12.1 Å².